The van der Waals surface area contributed by atoms with Crippen LogP contribution >= 0.6 is 0 Å². The monoisotopic (exact) mass is 196 g/mol. The van der Waals surface area contributed by atoms with E-state index in [4.69, 9.17) is 15.3 Å². The summed E-state index contributed by atoms with van der Waals surface area (Å²) in [5, 5.41) is 1.70. The third kappa shape index (κ3) is 3.64. The average molecular weight is 196 g/mol. The van der Waals surface area contributed by atoms with Gasteiger partial charge in [0.25, 0.3) is 0 Å². The van der Waals surface area contributed by atoms with Gasteiger partial charge in [0.2, 0.25) is 0 Å². The van der Waals surface area contributed by atoms with Crippen molar-refractivity contribution < 1.29 is 9.57 Å². The van der Waals surface area contributed by atoms with Crippen molar-refractivity contribution in [2.45, 2.75) is 0 Å². The highest BCUT2D eigenvalue weighted by atomic mass is 16.7. The molecule has 1 rings (SSSR count). The van der Waals surface area contributed by atoms with Crippen LogP contribution in [0.25, 0.3) is 0 Å². The fourth-order valence-corrected chi connectivity index (χ4v) is 0.988. The molecule has 0 aliphatic heterocycles. The predicted octanol–water partition coefficient (Wildman–Crippen LogP) is 1.14. The van der Waals surface area contributed by atoms with Crippen molar-refractivity contribution in [3.8, 4) is 5.75 Å². The second kappa shape index (κ2) is 5.47. The fraction of sp³-hybridized carbons (Fsp3) is 0.400. The lowest BCUT2D eigenvalue weighted by atomic mass is 10.3. The Kier molecular flexibility index (Phi) is 4.22. The van der Waals surface area contributed by atoms with Crippen LogP contribution in [0, 0.1) is 0 Å². The van der Waals surface area contributed by atoms with Crippen LogP contribution in [0.2, 0.25) is 0 Å². The summed E-state index contributed by atoms with van der Waals surface area (Å²) in [6.07, 6.45) is 0. The van der Waals surface area contributed by atoms with E-state index in [1.165, 1.54) is 0 Å². The third-order valence-electron chi connectivity index (χ3n) is 1.84. The van der Waals surface area contributed by atoms with E-state index >= 15 is 0 Å². The van der Waals surface area contributed by atoms with Crippen molar-refractivity contribution in [2.24, 2.45) is 0 Å². The van der Waals surface area contributed by atoms with Crippen LogP contribution in [-0.4, -0.2) is 32.4 Å². The SMILES string of the molecule is CON(C)CCOc1cccc(N)c1. The summed E-state index contributed by atoms with van der Waals surface area (Å²) in [5.74, 6) is 0.787. The van der Waals surface area contributed by atoms with Crippen LogP contribution in [0.1, 0.15) is 0 Å². The summed E-state index contributed by atoms with van der Waals surface area (Å²) in [7, 11) is 3.48. The first kappa shape index (κ1) is 10.8. The minimum atomic E-state index is 0.577. The molecule has 0 amide bonds. The van der Waals surface area contributed by atoms with Crippen LogP contribution in [-0.2, 0) is 4.84 Å². The highest BCUT2D eigenvalue weighted by Gasteiger charge is 1.97. The number of likely N-dealkylation sites (N-methyl/N-ethyl adjacent to an activating group) is 1. The quantitative estimate of drug-likeness (QED) is 0.566. The molecule has 0 heterocycles. The first-order valence-corrected chi connectivity index (χ1v) is 4.46. The zero-order valence-corrected chi connectivity index (χ0v) is 8.56. The standard InChI is InChI=1S/C10H16N2O2/c1-12(13-2)6-7-14-10-5-3-4-9(11)8-10/h3-5,8H,6-7,11H2,1-2H3. The molecule has 0 aromatic heterocycles. The normalized spacial score (nSPS) is 10.5. The molecule has 0 aliphatic carbocycles. The van der Waals surface area contributed by atoms with Crippen LogP contribution in [0.5, 0.6) is 5.75 Å². The van der Waals surface area contributed by atoms with Gasteiger partial charge in [-0.2, -0.15) is 5.06 Å². The summed E-state index contributed by atoms with van der Waals surface area (Å²) in [5.41, 5.74) is 6.31. The van der Waals surface area contributed by atoms with Gasteiger partial charge in [0.1, 0.15) is 12.4 Å². The number of nitrogens with two attached hydrogens (primary N) is 1. The molecule has 0 aliphatic rings. The number of ether oxygens (including phenoxy) is 1. The summed E-state index contributed by atoms with van der Waals surface area (Å²) >= 11 is 0. The number of nitrogen functional groups attached to an aromatic ring is 1. The lowest BCUT2D eigenvalue weighted by molar-refractivity contribution is -0.113. The van der Waals surface area contributed by atoms with E-state index in [2.05, 4.69) is 0 Å². The average Bonchev–Trinajstić information content (AvgIpc) is 2.17. The molecule has 1 aromatic rings. The van der Waals surface area contributed by atoms with Crippen LogP contribution in [0.4, 0.5) is 5.69 Å². The Balaban J connectivity index is 2.31. The van der Waals surface area contributed by atoms with Gasteiger partial charge in [-0.15, -0.1) is 0 Å². The number of benzene rings is 1. The maximum Gasteiger partial charge on any atom is 0.121 e. The number of anilines is 1. The largest absolute Gasteiger partial charge is 0.492 e. The van der Waals surface area contributed by atoms with Gasteiger partial charge in [0.05, 0.1) is 13.7 Å². The van der Waals surface area contributed by atoms with Gasteiger partial charge < -0.3 is 15.3 Å². The summed E-state index contributed by atoms with van der Waals surface area (Å²) in [4.78, 5) is 4.94. The Labute approximate surface area is 84.2 Å². The Bertz CT molecular complexity index is 279. The second-order valence-corrected chi connectivity index (χ2v) is 2.96. The minimum Gasteiger partial charge on any atom is -0.492 e. The molecule has 1 aromatic carbocycles. The van der Waals surface area contributed by atoms with Crippen molar-refractivity contribution in [1.82, 2.24) is 5.06 Å². The molecule has 78 valence electrons. The Morgan fingerprint density at radius 1 is 1.43 bits per heavy atom. The van der Waals surface area contributed by atoms with Crippen molar-refractivity contribution in [1.29, 1.82) is 0 Å². The van der Waals surface area contributed by atoms with Gasteiger partial charge >= 0.3 is 0 Å². The number of nitrogens with zero attached hydrogens (tertiary/aromatic N) is 1. The van der Waals surface area contributed by atoms with Gasteiger partial charge in [-0.1, -0.05) is 6.07 Å². The molecular weight excluding hydrogens is 180 g/mol. The summed E-state index contributed by atoms with van der Waals surface area (Å²) in [6, 6.07) is 7.37. The van der Waals surface area contributed by atoms with Gasteiger partial charge in [0, 0.05) is 18.8 Å². The fourth-order valence-electron chi connectivity index (χ4n) is 0.988. The molecule has 0 spiro atoms. The molecule has 4 nitrogen and oxygen atoms in total. The highest BCUT2D eigenvalue weighted by Crippen LogP contribution is 2.13. The van der Waals surface area contributed by atoms with E-state index < -0.39 is 0 Å². The number of rotatable bonds is 5. The van der Waals surface area contributed by atoms with Gasteiger partial charge in [0.15, 0.2) is 0 Å². The number of hydroxylamine groups is 2. The van der Waals surface area contributed by atoms with Crippen LogP contribution in [0.3, 0.4) is 0 Å². The summed E-state index contributed by atoms with van der Waals surface area (Å²) < 4.78 is 5.46. The predicted molar refractivity (Wildman–Crippen MR) is 56.0 cm³/mol. The van der Waals surface area contributed by atoms with Crippen molar-refractivity contribution in [3.63, 3.8) is 0 Å². The van der Waals surface area contributed by atoms with Crippen molar-refractivity contribution in [2.75, 3.05) is 33.0 Å². The van der Waals surface area contributed by atoms with E-state index in [0.29, 0.717) is 18.8 Å². The van der Waals surface area contributed by atoms with E-state index in [1.54, 1.807) is 18.2 Å². The smallest absolute Gasteiger partial charge is 0.121 e. The lowest BCUT2D eigenvalue weighted by Crippen LogP contribution is -2.22. The molecular formula is C10H16N2O2. The lowest BCUT2D eigenvalue weighted by Gasteiger charge is -2.13. The molecule has 0 saturated carbocycles. The first-order valence-electron chi connectivity index (χ1n) is 4.46. The Morgan fingerprint density at radius 3 is 2.86 bits per heavy atom. The van der Waals surface area contributed by atoms with E-state index in [1.807, 2.05) is 25.2 Å². The molecule has 0 bridgehead atoms. The minimum absolute atomic E-state index is 0.577. The first-order chi connectivity index (χ1) is 6.72. The Hall–Kier alpha value is -1.26. The van der Waals surface area contributed by atoms with E-state index in [0.717, 1.165) is 5.75 Å². The summed E-state index contributed by atoms with van der Waals surface area (Å²) in [6.45, 7) is 1.29. The molecule has 0 radical (unpaired) electrons. The maximum absolute atomic E-state index is 5.60. The molecule has 0 fully saturated rings. The molecule has 0 unspecified atom stereocenters. The maximum atomic E-state index is 5.60. The second-order valence-electron chi connectivity index (χ2n) is 2.96. The number of hydrogen-bond donors (Lipinski definition) is 1. The highest BCUT2D eigenvalue weighted by molar-refractivity contribution is 5.43. The zero-order chi connectivity index (χ0) is 10.4. The van der Waals surface area contributed by atoms with Gasteiger partial charge in [-0.25, -0.2) is 0 Å². The zero-order valence-electron chi connectivity index (χ0n) is 8.56. The molecule has 4 heteroatoms. The molecule has 14 heavy (non-hydrogen) atoms. The Morgan fingerprint density at radius 2 is 2.21 bits per heavy atom. The topological polar surface area (TPSA) is 47.7 Å². The van der Waals surface area contributed by atoms with Gasteiger partial charge in [-0.05, 0) is 12.1 Å². The van der Waals surface area contributed by atoms with Crippen molar-refractivity contribution >= 4 is 5.69 Å². The van der Waals surface area contributed by atoms with Crippen LogP contribution in [0.15, 0.2) is 24.3 Å². The van der Waals surface area contributed by atoms with E-state index in [-0.39, 0.29) is 0 Å². The van der Waals surface area contributed by atoms with Gasteiger partial charge in [-0.3, -0.25) is 0 Å². The number of hydrogen-bond acceptors (Lipinski definition) is 4. The molecule has 2 N–H and O–H groups in total. The molecule has 0 atom stereocenters. The van der Waals surface area contributed by atoms with Crippen LogP contribution < -0.4 is 10.5 Å². The van der Waals surface area contributed by atoms with E-state index in [9.17, 15) is 0 Å². The molecule has 0 saturated heterocycles. The third-order valence-corrected chi connectivity index (χ3v) is 1.84. The van der Waals surface area contributed by atoms with Crippen molar-refractivity contribution in [3.05, 3.63) is 24.3 Å².